The second-order valence-electron chi connectivity index (χ2n) is 7.03. The summed E-state index contributed by atoms with van der Waals surface area (Å²) in [7, 11) is 4.45. The van der Waals surface area contributed by atoms with Gasteiger partial charge in [0.2, 0.25) is 16.0 Å². The smallest absolute Gasteiger partial charge is 0.379 e. The topological polar surface area (TPSA) is 166 Å². The molecule has 0 spiro atoms. The van der Waals surface area contributed by atoms with Gasteiger partial charge in [-0.25, -0.2) is 4.79 Å². The van der Waals surface area contributed by atoms with Crippen LogP contribution in [0.3, 0.4) is 0 Å². The van der Waals surface area contributed by atoms with E-state index in [1.54, 1.807) is 24.3 Å². The fourth-order valence-electron chi connectivity index (χ4n) is 3.24. The Labute approximate surface area is 208 Å². The molecule has 0 saturated carbocycles. The highest BCUT2D eigenvalue weighted by atomic mass is 32.1. The van der Waals surface area contributed by atoms with Crippen molar-refractivity contribution in [2.75, 3.05) is 45.6 Å². The van der Waals surface area contributed by atoms with Crippen LogP contribution in [0, 0.1) is 0 Å². The molecule has 3 N–H and O–H groups in total. The van der Waals surface area contributed by atoms with E-state index in [4.69, 9.17) is 29.1 Å². The summed E-state index contributed by atoms with van der Waals surface area (Å²) in [4.78, 5) is 26.0. The molecule has 4 aromatic rings. The van der Waals surface area contributed by atoms with Crippen LogP contribution in [0.5, 0.6) is 17.2 Å². The molecule has 3 heterocycles. The molecule has 0 radical (unpaired) electrons. The van der Waals surface area contributed by atoms with Crippen molar-refractivity contribution < 1.29 is 28.2 Å². The van der Waals surface area contributed by atoms with E-state index >= 15 is 0 Å². The predicted octanol–water partition coefficient (Wildman–Crippen LogP) is 2.22. The normalized spacial score (nSPS) is 10.8. The van der Waals surface area contributed by atoms with Gasteiger partial charge in [0.1, 0.15) is 23.9 Å². The highest BCUT2D eigenvalue weighted by Crippen LogP contribution is 2.42. The average Bonchev–Trinajstić information content (AvgIpc) is 3.52. The fourth-order valence-corrected chi connectivity index (χ4v) is 3.96. The van der Waals surface area contributed by atoms with Crippen LogP contribution in [0.25, 0.3) is 16.3 Å². The van der Waals surface area contributed by atoms with Crippen LogP contribution in [0.1, 0.15) is 10.6 Å². The number of ether oxygens (including phenoxy) is 4. The molecule has 0 unspecified atom stereocenters. The zero-order valence-corrected chi connectivity index (χ0v) is 20.3. The minimum atomic E-state index is -0.871. The summed E-state index contributed by atoms with van der Waals surface area (Å²) in [5.74, 6) is -0.00519. The van der Waals surface area contributed by atoms with Crippen molar-refractivity contribution in [1.29, 1.82) is 0 Å². The minimum Gasteiger partial charge on any atom is -0.496 e. The monoisotopic (exact) mass is 514 g/mol. The number of amides is 1. The number of carbonyl (C=O) groups is 1. The van der Waals surface area contributed by atoms with Crippen molar-refractivity contribution in [2.24, 2.45) is 0 Å². The van der Waals surface area contributed by atoms with Gasteiger partial charge in [-0.1, -0.05) is 17.4 Å². The van der Waals surface area contributed by atoms with Crippen LogP contribution in [-0.4, -0.2) is 60.4 Å². The lowest BCUT2D eigenvalue weighted by atomic mass is 10.0. The molecule has 0 aliphatic heterocycles. The van der Waals surface area contributed by atoms with Crippen LogP contribution in [-0.2, 0) is 4.74 Å². The van der Waals surface area contributed by atoms with Crippen LogP contribution >= 0.6 is 11.3 Å². The molecule has 1 amide bonds. The predicted molar refractivity (Wildman–Crippen MR) is 130 cm³/mol. The van der Waals surface area contributed by atoms with Crippen LogP contribution in [0.15, 0.2) is 45.7 Å². The second-order valence-corrected chi connectivity index (χ2v) is 7.99. The van der Waals surface area contributed by atoms with Gasteiger partial charge in [-0.15, -0.1) is 10.2 Å². The first-order valence-corrected chi connectivity index (χ1v) is 11.2. The Balaban J connectivity index is 1.73. The molecule has 0 bridgehead atoms. The van der Waals surface area contributed by atoms with Gasteiger partial charge in [0.15, 0.2) is 5.76 Å². The zero-order valence-electron chi connectivity index (χ0n) is 19.5. The van der Waals surface area contributed by atoms with Gasteiger partial charge in [0.25, 0.3) is 5.91 Å². The van der Waals surface area contributed by atoms with Gasteiger partial charge in [0.05, 0.1) is 32.6 Å². The third-order valence-electron chi connectivity index (χ3n) is 4.85. The lowest BCUT2D eigenvalue weighted by Gasteiger charge is -2.16. The van der Waals surface area contributed by atoms with E-state index in [1.807, 2.05) is 0 Å². The van der Waals surface area contributed by atoms with Crippen molar-refractivity contribution in [1.82, 2.24) is 20.0 Å². The fraction of sp³-hybridized carbons (Fsp3) is 0.227. The number of aromatic nitrogens is 4. The number of hydrogen-bond acceptors (Lipinski definition) is 12. The molecular weight excluding hydrogens is 492 g/mol. The number of rotatable bonds is 10. The number of hydrogen-bond donors (Lipinski definition) is 2. The molecule has 1 aromatic carbocycles. The molecule has 188 valence electrons. The Kier molecular flexibility index (Phi) is 7.46. The van der Waals surface area contributed by atoms with Crippen molar-refractivity contribution in [3.63, 3.8) is 0 Å². The lowest BCUT2D eigenvalue weighted by molar-refractivity contribution is 0.0990. The highest BCUT2D eigenvalue weighted by molar-refractivity contribution is 7.17. The van der Waals surface area contributed by atoms with Crippen LogP contribution < -0.4 is 30.9 Å². The third kappa shape index (κ3) is 4.99. The van der Waals surface area contributed by atoms with Gasteiger partial charge in [-0.05, 0) is 18.2 Å². The number of anilines is 2. The van der Waals surface area contributed by atoms with Crippen molar-refractivity contribution in [2.45, 2.75) is 0 Å². The summed E-state index contributed by atoms with van der Waals surface area (Å²) in [6.07, 6.45) is 1.51. The van der Waals surface area contributed by atoms with E-state index in [2.05, 4.69) is 20.6 Å². The third-order valence-corrected chi connectivity index (χ3v) is 5.67. The van der Waals surface area contributed by atoms with Gasteiger partial charge >= 0.3 is 5.63 Å². The van der Waals surface area contributed by atoms with Crippen molar-refractivity contribution >= 4 is 28.2 Å². The summed E-state index contributed by atoms with van der Waals surface area (Å²) in [6, 6.07) is 8.07. The number of carbonyl (C=O) groups excluding carboxylic acids is 1. The quantitative estimate of drug-likeness (QED) is 0.298. The number of methoxy groups -OCH3 is 3. The number of benzene rings is 1. The number of nitrogens with zero attached hydrogens (tertiary/aromatic N) is 4. The van der Waals surface area contributed by atoms with Gasteiger partial charge < -0.3 is 29.1 Å². The molecule has 0 atom stereocenters. The van der Waals surface area contributed by atoms with E-state index in [0.29, 0.717) is 28.0 Å². The molecule has 14 heteroatoms. The molecule has 36 heavy (non-hydrogen) atoms. The molecule has 0 saturated heterocycles. The van der Waals surface area contributed by atoms with Gasteiger partial charge in [-0.2, -0.15) is 9.78 Å². The lowest BCUT2D eigenvalue weighted by Crippen LogP contribution is -2.18. The average molecular weight is 515 g/mol. The Bertz CT molecular complexity index is 1410. The molecule has 0 fully saturated rings. The SMILES string of the molecule is COCCOc1c(-c2c(OC)cccc2OC)cc(C(=O)Nc2nnc(-n3nccc3N)s2)oc1=O. The van der Waals surface area contributed by atoms with Gasteiger partial charge in [0, 0.05) is 18.7 Å². The number of nitrogens with one attached hydrogen (secondary N) is 1. The first kappa shape index (κ1) is 24.7. The summed E-state index contributed by atoms with van der Waals surface area (Å²) in [5, 5.41) is 15.0. The van der Waals surface area contributed by atoms with E-state index in [9.17, 15) is 9.59 Å². The standard InChI is InChI=1S/C22H22N6O7S/c1-31-9-10-34-18-12(17-13(32-2)5-4-6-14(17)33-3)11-15(35-20(18)30)19(29)25-21-26-27-22(36-21)28-16(23)7-8-24-28/h4-8,11H,9-10,23H2,1-3H3,(H,25,26,29). The highest BCUT2D eigenvalue weighted by Gasteiger charge is 2.24. The first-order valence-electron chi connectivity index (χ1n) is 10.4. The minimum absolute atomic E-state index is 0.0708. The molecule has 13 nitrogen and oxygen atoms in total. The molecule has 4 rings (SSSR count). The summed E-state index contributed by atoms with van der Waals surface area (Å²) in [6.45, 7) is 0.297. The summed E-state index contributed by atoms with van der Waals surface area (Å²) in [5.41, 5.74) is 5.61. The van der Waals surface area contributed by atoms with E-state index in [1.165, 1.54) is 38.3 Å². The van der Waals surface area contributed by atoms with Gasteiger partial charge in [-0.3, -0.25) is 10.1 Å². The molecular formula is C22H22N6O7S. The Morgan fingerprint density at radius 2 is 1.89 bits per heavy atom. The van der Waals surface area contributed by atoms with E-state index in [-0.39, 0.29) is 35.4 Å². The Morgan fingerprint density at radius 1 is 1.14 bits per heavy atom. The second kappa shape index (κ2) is 10.9. The molecule has 3 aromatic heterocycles. The maximum atomic E-state index is 13.0. The van der Waals surface area contributed by atoms with Crippen LogP contribution in [0.4, 0.5) is 10.9 Å². The maximum absolute atomic E-state index is 13.0. The number of nitrogen functional groups attached to an aromatic ring is 1. The first-order chi connectivity index (χ1) is 17.5. The largest absolute Gasteiger partial charge is 0.496 e. The molecule has 0 aliphatic rings. The maximum Gasteiger partial charge on any atom is 0.379 e. The summed E-state index contributed by atoms with van der Waals surface area (Å²) >= 11 is 1.03. The van der Waals surface area contributed by atoms with E-state index in [0.717, 1.165) is 11.3 Å². The van der Waals surface area contributed by atoms with Crippen molar-refractivity contribution in [3.8, 4) is 33.5 Å². The number of nitrogens with two attached hydrogens (primary N) is 1. The molecule has 0 aliphatic carbocycles. The van der Waals surface area contributed by atoms with E-state index < -0.39 is 11.5 Å². The van der Waals surface area contributed by atoms with Crippen LogP contribution in [0.2, 0.25) is 0 Å². The zero-order chi connectivity index (χ0) is 25.7. The Hall–Kier alpha value is -4.43. The Morgan fingerprint density at radius 3 is 2.53 bits per heavy atom. The summed E-state index contributed by atoms with van der Waals surface area (Å²) < 4.78 is 28.3. The van der Waals surface area contributed by atoms with Crippen molar-refractivity contribution in [3.05, 3.63) is 52.7 Å².